The second-order valence-electron chi connectivity index (χ2n) is 10.8. The maximum atomic E-state index is 12.7. The van der Waals surface area contributed by atoms with Crippen LogP contribution in [0, 0.1) is 11.8 Å². The van der Waals surface area contributed by atoms with Gasteiger partial charge in [-0.1, -0.05) is 89.4 Å². The fourth-order valence-electron chi connectivity index (χ4n) is 4.97. The van der Waals surface area contributed by atoms with E-state index < -0.39 is 11.9 Å². The SMILES string of the molecule is CCCCC(CC)COC(=O)COc1c2ccc(Cl)cc2c(OCC(=O)OCC(CC)CCCC)c2ccc(Cl)cc12. The molecule has 0 radical (unpaired) electrons. The minimum absolute atomic E-state index is 0.257. The molecule has 0 saturated heterocycles. The van der Waals surface area contributed by atoms with E-state index in [1.54, 1.807) is 36.4 Å². The normalized spacial score (nSPS) is 12.7. The average molecular weight is 620 g/mol. The van der Waals surface area contributed by atoms with Crippen LogP contribution < -0.4 is 9.47 Å². The maximum absolute atomic E-state index is 12.7. The number of carbonyl (C=O) groups excluding carboxylic acids is 2. The average Bonchev–Trinajstić information content (AvgIpc) is 2.99. The van der Waals surface area contributed by atoms with E-state index in [0.717, 1.165) is 51.4 Å². The van der Waals surface area contributed by atoms with Crippen LogP contribution in [0.3, 0.4) is 0 Å². The van der Waals surface area contributed by atoms with E-state index in [0.29, 0.717) is 68.1 Å². The molecule has 3 aromatic rings. The van der Waals surface area contributed by atoms with E-state index in [1.165, 1.54) is 0 Å². The van der Waals surface area contributed by atoms with Gasteiger partial charge in [-0.05, 0) is 61.1 Å². The second-order valence-corrected chi connectivity index (χ2v) is 11.7. The molecule has 2 atom stereocenters. The largest absolute Gasteiger partial charge is 0.481 e. The minimum atomic E-state index is -0.436. The summed E-state index contributed by atoms with van der Waals surface area (Å²) in [5.41, 5.74) is 0. The van der Waals surface area contributed by atoms with E-state index in [-0.39, 0.29) is 13.2 Å². The van der Waals surface area contributed by atoms with Gasteiger partial charge in [0, 0.05) is 31.6 Å². The standard InChI is InChI=1S/C34H44Cl2O6/c1-5-9-11-23(7-3)19-39-31(37)21-41-33-27-15-13-26(36)18-30(27)34(28-16-14-25(35)17-29(28)33)42-22-32(38)40-20-24(8-4)12-10-6-2/h13-18,23-24H,5-12,19-22H2,1-4H3. The molecule has 0 amide bonds. The molecule has 0 aromatic heterocycles. The van der Waals surface area contributed by atoms with Crippen molar-refractivity contribution in [2.75, 3.05) is 26.4 Å². The number of fused-ring (bicyclic) bond motifs is 2. The van der Waals surface area contributed by atoms with E-state index >= 15 is 0 Å². The quantitative estimate of drug-likeness (QED) is 0.104. The Labute approximate surface area is 259 Å². The molecule has 0 aliphatic carbocycles. The highest BCUT2D eigenvalue weighted by atomic mass is 35.5. The highest BCUT2D eigenvalue weighted by molar-refractivity contribution is 6.32. The van der Waals surface area contributed by atoms with Gasteiger partial charge >= 0.3 is 11.9 Å². The number of rotatable bonds is 18. The predicted octanol–water partition coefficient (Wildman–Crippen LogP) is 9.58. The van der Waals surface area contributed by atoms with Crippen molar-refractivity contribution >= 4 is 56.7 Å². The molecule has 230 valence electrons. The molecule has 6 nitrogen and oxygen atoms in total. The Morgan fingerprint density at radius 3 is 1.40 bits per heavy atom. The Hall–Kier alpha value is -2.70. The molecule has 2 unspecified atom stereocenters. The van der Waals surface area contributed by atoms with E-state index in [2.05, 4.69) is 27.7 Å². The highest BCUT2D eigenvalue weighted by Crippen LogP contribution is 2.44. The first-order valence-electron chi connectivity index (χ1n) is 15.2. The van der Waals surface area contributed by atoms with E-state index in [4.69, 9.17) is 42.1 Å². The fourth-order valence-corrected chi connectivity index (χ4v) is 5.31. The maximum Gasteiger partial charge on any atom is 0.344 e. The summed E-state index contributed by atoms with van der Waals surface area (Å²) in [6.07, 6.45) is 8.41. The predicted molar refractivity (Wildman–Crippen MR) is 171 cm³/mol. The summed E-state index contributed by atoms with van der Waals surface area (Å²) >= 11 is 12.8. The number of esters is 2. The van der Waals surface area contributed by atoms with Gasteiger partial charge in [0.1, 0.15) is 11.5 Å². The zero-order chi connectivity index (χ0) is 30.5. The fraction of sp³-hybridized carbons (Fsp3) is 0.529. The summed E-state index contributed by atoms with van der Waals surface area (Å²) in [4.78, 5) is 25.3. The minimum Gasteiger partial charge on any atom is -0.481 e. The molecule has 0 N–H and O–H groups in total. The van der Waals surface area contributed by atoms with Crippen LogP contribution in [-0.2, 0) is 19.1 Å². The molecule has 0 spiro atoms. The third-order valence-corrected chi connectivity index (χ3v) is 8.13. The topological polar surface area (TPSA) is 71.1 Å². The van der Waals surface area contributed by atoms with Gasteiger partial charge in [-0.2, -0.15) is 0 Å². The number of benzene rings is 3. The van der Waals surface area contributed by atoms with Crippen molar-refractivity contribution in [1.82, 2.24) is 0 Å². The third kappa shape index (κ3) is 9.67. The highest BCUT2D eigenvalue weighted by Gasteiger charge is 2.20. The van der Waals surface area contributed by atoms with Crippen LogP contribution in [-0.4, -0.2) is 38.4 Å². The van der Waals surface area contributed by atoms with Gasteiger partial charge in [-0.25, -0.2) is 9.59 Å². The van der Waals surface area contributed by atoms with Gasteiger partial charge in [-0.15, -0.1) is 0 Å². The number of hydrogen-bond donors (Lipinski definition) is 0. The lowest BCUT2D eigenvalue weighted by Crippen LogP contribution is -2.20. The lowest BCUT2D eigenvalue weighted by Gasteiger charge is -2.19. The lowest BCUT2D eigenvalue weighted by atomic mass is 10.0. The van der Waals surface area contributed by atoms with Gasteiger partial charge in [0.2, 0.25) is 0 Å². The summed E-state index contributed by atoms with van der Waals surface area (Å²) in [5, 5.41) is 3.62. The van der Waals surface area contributed by atoms with Gasteiger partial charge in [0.15, 0.2) is 13.2 Å². The van der Waals surface area contributed by atoms with Crippen LogP contribution in [0.25, 0.3) is 21.5 Å². The van der Waals surface area contributed by atoms with Crippen LogP contribution in [0.1, 0.15) is 79.1 Å². The molecule has 0 aliphatic heterocycles. The molecular formula is C34H44Cl2O6. The van der Waals surface area contributed by atoms with Crippen molar-refractivity contribution in [2.24, 2.45) is 11.8 Å². The molecule has 0 saturated carbocycles. The first-order chi connectivity index (χ1) is 20.3. The lowest BCUT2D eigenvalue weighted by molar-refractivity contribution is -0.148. The molecule has 0 aliphatic rings. The number of hydrogen-bond acceptors (Lipinski definition) is 6. The summed E-state index contributed by atoms with van der Waals surface area (Å²) in [5.74, 6) is 0.730. The Bertz CT molecular complexity index is 1220. The monoisotopic (exact) mass is 618 g/mol. The van der Waals surface area contributed by atoms with Crippen molar-refractivity contribution in [3.63, 3.8) is 0 Å². The first-order valence-corrected chi connectivity index (χ1v) is 16.0. The number of carbonyl (C=O) groups is 2. The Kier molecular flexibility index (Phi) is 14.0. The molecular weight excluding hydrogens is 575 g/mol. The second kappa shape index (κ2) is 17.4. The van der Waals surface area contributed by atoms with Crippen LogP contribution in [0.15, 0.2) is 36.4 Å². The van der Waals surface area contributed by atoms with Crippen molar-refractivity contribution in [2.45, 2.75) is 79.1 Å². The van der Waals surface area contributed by atoms with Crippen LogP contribution in [0.4, 0.5) is 0 Å². The van der Waals surface area contributed by atoms with Crippen LogP contribution >= 0.6 is 23.2 Å². The number of halogens is 2. The van der Waals surface area contributed by atoms with Crippen molar-refractivity contribution < 1.29 is 28.5 Å². The molecule has 0 fully saturated rings. The van der Waals surface area contributed by atoms with E-state index in [1.807, 2.05) is 0 Å². The van der Waals surface area contributed by atoms with Gasteiger partial charge in [-0.3, -0.25) is 0 Å². The molecule has 3 aromatic carbocycles. The molecule has 0 bridgehead atoms. The smallest absolute Gasteiger partial charge is 0.344 e. The number of unbranched alkanes of at least 4 members (excludes halogenated alkanes) is 2. The van der Waals surface area contributed by atoms with Crippen molar-refractivity contribution in [3.8, 4) is 11.5 Å². The van der Waals surface area contributed by atoms with E-state index in [9.17, 15) is 9.59 Å². The molecule has 0 heterocycles. The Morgan fingerprint density at radius 2 is 1.05 bits per heavy atom. The molecule has 8 heteroatoms. The molecule has 3 rings (SSSR count). The first kappa shape index (κ1) is 33.8. The van der Waals surface area contributed by atoms with Crippen LogP contribution in [0.2, 0.25) is 10.0 Å². The van der Waals surface area contributed by atoms with Gasteiger partial charge in [0.05, 0.1) is 13.2 Å². The number of ether oxygens (including phenoxy) is 4. The Balaban J connectivity index is 1.83. The van der Waals surface area contributed by atoms with Crippen LogP contribution in [0.5, 0.6) is 11.5 Å². The molecule has 42 heavy (non-hydrogen) atoms. The Morgan fingerprint density at radius 1 is 0.643 bits per heavy atom. The zero-order valence-electron chi connectivity index (χ0n) is 25.3. The zero-order valence-corrected chi connectivity index (χ0v) is 26.8. The summed E-state index contributed by atoms with van der Waals surface area (Å²) in [7, 11) is 0. The summed E-state index contributed by atoms with van der Waals surface area (Å²) in [6, 6.07) is 10.6. The van der Waals surface area contributed by atoms with Crippen molar-refractivity contribution in [3.05, 3.63) is 46.4 Å². The summed E-state index contributed by atoms with van der Waals surface area (Å²) in [6.45, 7) is 8.76. The van der Waals surface area contributed by atoms with Gasteiger partial charge in [0.25, 0.3) is 0 Å². The van der Waals surface area contributed by atoms with Gasteiger partial charge < -0.3 is 18.9 Å². The van der Waals surface area contributed by atoms with Crippen molar-refractivity contribution in [1.29, 1.82) is 0 Å². The summed E-state index contributed by atoms with van der Waals surface area (Å²) < 4.78 is 23.3. The third-order valence-electron chi connectivity index (χ3n) is 7.66.